The minimum Gasteiger partial charge on any atom is -0.284 e. The van der Waals surface area contributed by atoms with E-state index in [-0.39, 0.29) is 5.69 Å². The lowest BCUT2D eigenvalue weighted by atomic mass is 10.2. The highest BCUT2D eigenvalue weighted by Gasteiger charge is 2.30. The van der Waals surface area contributed by atoms with Gasteiger partial charge in [-0.25, -0.2) is 0 Å². The fourth-order valence-electron chi connectivity index (χ4n) is 1.32. The van der Waals surface area contributed by atoms with Crippen molar-refractivity contribution >= 4 is 34.8 Å². The molecule has 1 saturated heterocycles. The van der Waals surface area contributed by atoms with Crippen molar-refractivity contribution in [1.29, 1.82) is 0 Å². The summed E-state index contributed by atoms with van der Waals surface area (Å²) in [7, 11) is 0. The molecule has 0 saturated carbocycles. The van der Waals surface area contributed by atoms with Gasteiger partial charge in [0, 0.05) is 18.3 Å². The summed E-state index contributed by atoms with van der Waals surface area (Å²) in [4.78, 5) is 36.0. The number of thioether (sulfide) groups is 1. The summed E-state index contributed by atoms with van der Waals surface area (Å²) in [6.45, 7) is 0. The Kier molecular flexibility index (Phi) is 3.38. The van der Waals surface area contributed by atoms with Crippen LogP contribution in [0.15, 0.2) is 29.3 Å². The van der Waals surface area contributed by atoms with Crippen LogP contribution in [0.4, 0.5) is 10.5 Å². The number of nitro benzene ring substituents is 1. The molecule has 0 radical (unpaired) electrons. The van der Waals surface area contributed by atoms with Crippen LogP contribution in [0.3, 0.4) is 0 Å². The molecule has 1 aromatic rings. The maximum atomic E-state index is 11.2. The Balaban J connectivity index is 2.14. The predicted octanol–water partition coefficient (Wildman–Crippen LogP) is 1.32. The first kappa shape index (κ1) is 12.2. The Bertz CT molecular complexity index is 558. The number of nitrogens with zero attached hydrogens (tertiary/aromatic N) is 2. The van der Waals surface area contributed by atoms with Gasteiger partial charge in [0.2, 0.25) is 0 Å². The van der Waals surface area contributed by atoms with Crippen molar-refractivity contribution in [2.45, 2.75) is 5.37 Å². The summed E-state index contributed by atoms with van der Waals surface area (Å²) in [5.74, 6) is -0.480. The number of amides is 2. The van der Waals surface area contributed by atoms with Crippen molar-refractivity contribution in [3.8, 4) is 0 Å². The Hall–Kier alpha value is -2.22. The third kappa shape index (κ3) is 2.72. The first-order valence-corrected chi connectivity index (χ1v) is 5.73. The van der Waals surface area contributed by atoms with E-state index in [1.807, 2.05) is 0 Å². The number of nitrogens with one attached hydrogen (secondary N) is 1. The lowest BCUT2D eigenvalue weighted by molar-refractivity contribution is -0.384. The summed E-state index contributed by atoms with van der Waals surface area (Å²) in [6, 6.07) is 5.84. The van der Waals surface area contributed by atoms with Gasteiger partial charge < -0.3 is 0 Å². The molecule has 1 aliphatic heterocycles. The van der Waals surface area contributed by atoms with E-state index < -0.39 is 21.4 Å². The summed E-state index contributed by atoms with van der Waals surface area (Å²) in [5, 5.41) is 11.4. The van der Waals surface area contributed by atoms with Crippen molar-refractivity contribution in [1.82, 2.24) is 5.32 Å². The number of aliphatic imine (C=N–C) groups is 1. The molecule has 0 spiro atoms. The molecule has 92 valence electrons. The average Bonchev–Trinajstić information content (AvgIpc) is 2.65. The van der Waals surface area contributed by atoms with Gasteiger partial charge in [-0.2, -0.15) is 0 Å². The van der Waals surface area contributed by atoms with Crippen LogP contribution in [0, 0.1) is 10.1 Å². The zero-order valence-electron chi connectivity index (χ0n) is 8.90. The summed E-state index contributed by atoms with van der Waals surface area (Å²) < 4.78 is 0. The molecular weight excluding hydrogens is 258 g/mol. The number of carbonyl (C=O) groups excluding carboxylic acids is 2. The minimum atomic E-state index is -0.822. The van der Waals surface area contributed by atoms with Gasteiger partial charge in [-0.05, 0) is 17.3 Å². The lowest BCUT2D eigenvalue weighted by Gasteiger charge is -1.97. The zero-order valence-corrected chi connectivity index (χ0v) is 9.72. The van der Waals surface area contributed by atoms with Gasteiger partial charge in [0.25, 0.3) is 16.8 Å². The number of carbonyl (C=O) groups is 2. The van der Waals surface area contributed by atoms with Crippen LogP contribution >= 0.6 is 11.8 Å². The number of benzene rings is 1. The summed E-state index contributed by atoms with van der Waals surface area (Å²) in [5.41, 5.74) is 0.440. The van der Waals surface area contributed by atoms with Crippen LogP contribution in [0.25, 0.3) is 0 Å². The Morgan fingerprint density at radius 2 is 2.22 bits per heavy atom. The molecule has 7 nitrogen and oxygen atoms in total. The van der Waals surface area contributed by atoms with Crippen molar-refractivity contribution in [2.24, 2.45) is 4.99 Å². The molecular formula is C10H7N3O4S. The minimum absolute atomic E-state index is 0.0569. The van der Waals surface area contributed by atoms with Crippen LogP contribution in [-0.4, -0.2) is 27.7 Å². The molecule has 8 heteroatoms. The maximum Gasteiger partial charge on any atom is 0.288 e. The van der Waals surface area contributed by atoms with E-state index in [1.54, 1.807) is 6.07 Å². The third-order valence-electron chi connectivity index (χ3n) is 2.11. The number of hydrogen-bond donors (Lipinski definition) is 1. The van der Waals surface area contributed by atoms with Crippen molar-refractivity contribution in [3.05, 3.63) is 39.9 Å². The molecule has 2 rings (SSSR count). The molecule has 0 bridgehead atoms. The van der Waals surface area contributed by atoms with E-state index in [4.69, 9.17) is 0 Å². The fourth-order valence-corrected chi connectivity index (χ4v) is 1.97. The van der Waals surface area contributed by atoms with Crippen molar-refractivity contribution in [2.75, 3.05) is 0 Å². The fraction of sp³-hybridized carbons (Fsp3) is 0.100. The molecule has 1 fully saturated rings. The summed E-state index contributed by atoms with van der Waals surface area (Å²) in [6.07, 6.45) is 1.34. The number of rotatable bonds is 3. The van der Waals surface area contributed by atoms with Crippen LogP contribution in [-0.2, 0) is 4.79 Å². The van der Waals surface area contributed by atoms with Gasteiger partial charge in [0.1, 0.15) is 0 Å². The third-order valence-corrected chi connectivity index (χ3v) is 2.98. The predicted molar refractivity (Wildman–Crippen MR) is 65.6 cm³/mol. The highest BCUT2D eigenvalue weighted by molar-refractivity contribution is 8.15. The van der Waals surface area contributed by atoms with Crippen LogP contribution in [0.1, 0.15) is 5.56 Å². The molecule has 0 aliphatic carbocycles. The normalized spacial score (nSPS) is 19.2. The first-order valence-electron chi connectivity index (χ1n) is 4.85. The second-order valence-corrected chi connectivity index (χ2v) is 4.43. The first-order chi connectivity index (χ1) is 8.56. The van der Waals surface area contributed by atoms with Crippen LogP contribution < -0.4 is 5.32 Å². The molecule has 1 N–H and O–H groups in total. The highest BCUT2D eigenvalue weighted by Crippen LogP contribution is 2.20. The smallest absolute Gasteiger partial charge is 0.284 e. The maximum absolute atomic E-state index is 11.2. The Morgan fingerprint density at radius 1 is 1.44 bits per heavy atom. The Labute approximate surface area is 105 Å². The second kappa shape index (κ2) is 4.96. The molecule has 18 heavy (non-hydrogen) atoms. The van der Waals surface area contributed by atoms with Gasteiger partial charge in [0.15, 0.2) is 5.37 Å². The SMILES string of the molecule is O=C1NC(=O)C(N=Cc2cccc([N+](=O)[O-])c2)S1. The molecule has 1 atom stereocenters. The molecule has 1 unspecified atom stereocenters. The number of non-ortho nitro benzene ring substituents is 1. The number of imide groups is 1. The van der Waals surface area contributed by atoms with E-state index in [0.717, 1.165) is 11.8 Å². The number of hydrogen-bond acceptors (Lipinski definition) is 6. The highest BCUT2D eigenvalue weighted by atomic mass is 32.2. The Morgan fingerprint density at radius 3 is 2.83 bits per heavy atom. The molecule has 1 aliphatic rings. The number of nitro groups is 1. The van der Waals surface area contributed by atoms with E-state index >= 15 is 0 Å². The molecule has 1 heterocycles. The van der Waals surface area contributed by atoms with E-state index in [0.29, 0.717) is 5.56 Å². The molecule has 1 aromatic carbocycles. The summed E-state index contributed by atoms with van der Waals surface area (Å²) >= 11 is 0.772. The van der Waals surface area contributed by atoms with E-state index in [9.17, 15) is 19.7 Å². The van der Waals surface area contributed by atoms with E-state index in [1.165, 1.54) is 24.4 Å². The molecule has 0 aromatic heterocycles. The van der Waals surface area contributed by atoms with Crippen molar-refractivity contribution < 1.29 is 14.5 Å². The van der Waals surface area contributed by atoms with Gasteiger partial charge in [0.05, 0.1) is 4.92 Å². The van der Waals surface area contributed by atoms with Gasteiger partial charge in [-0.3, -0.25) is 30.0 Å². The topological polar surface area (TPSA) is 102 Å². The van der Waals surface area contributed by atoms with E-state index in [2.05, 4.69) is 10.3 Å². The van der Waals surface area contributed by atoms with Gasteiger partial charge >= 0.3 is 0 Å². The monoisotopic (exact) mass is 265 g/mol. The van der Waals surface area contributed by atoms with Crippen molar-refractivity contribution in [3.63, 3.8) is 0 Å². The quantitative estimate of drug-likeness (QED) is 0.504. The standard InChI is InChI=1S/C10H7N3O4S/c14-8-9(18-10(15)12-8)11-5-6-2-1-3-7(4-6)13(16)17/h1-5,9H,(H,12,14,15). The zero-order chi connectivity index (χ0) is 13.1. The van der Waals surface area contributed by atoms with Gasteiger partial charge in [-0.1, -0.05) is 12.1 Å². The largest absolute Gasteiger partial charge is 0.288 e. The lowest BCUT2D eigenvalue weighted by Crippen LogP contribution is -2.23. The second-order valence-electron chi connectivity index (χ2n) is 3.38. The molecule has 2 amide bonds. The van der Waals surface area contributed by atoms with Gasteiger partial charge in [-0.15, -0.1) is 0 Å². The van der Waals surface area contributed by atoms with Crippen LogP contribution in [0.2, 0.25) is 0 Å². The van der Waals surface area contributed by atoms with Crippen LogP contribution in [0.5, 0.6) is 0 Å². The average molecular weight is 265 g/mol.